The van der Waals surface area contributed by atoms with Crippen LogP contribution in [0.4, 0.5) is 0 Å². The van der Waals surface area contributed by atoms with Gasteiger partial charge < -0.3 is 34.2 Å². The number of phosphoric acid groups is 1. The molecule has 0 unspecified atom stereocenters. The third-order valence-corrected chi connectivity index (χ3v) is 1.43. The van der Waals surface area contributed by atoms with Crippen LogP contribution in [0.25, 0.3) is 0 Å². The summed E-state index contributed by atoms with van der Waals surface area (Å²) in [5.41, 5.74) is 0.722. The largest absolute Gasteiger partial charge is 1.00 e. The van der Waals surface area contributed by atoms with Crippen LogP contribution in [0, 0.1) is 0 Å². The van der Waals surface area contributed by atoms with Crippen molar-refractivity contribution < 1.29 is 188 Å². The van der Waals surface area contributed by atoms with Crippen LogP contribution in [0.15, 0.2) is 18.2 Å². The van der Waals surface area contributed by atoms with E-state index < -0.39 is 7.82 Å². The summed E-state index contributed by atoms with van der Waals surface area (Å²) in [5.74, 6) is 0.473. The van der Waals surface area contributed by atoms with Crippen molar-refractivity contribution in [1.29, 1.82) is 0 Å². The molecule has 11 heteroatoms. The van der Waals surface area contributed by atoms with E-state index in [1.807, 2.05) is 0 Å². The normalized spacial score (nSPS) is 8.68. The molecule has 0 aliphatic carbocycles. The summed E-state index contributed by atoms with van der Waals surface area (Å²) in [7, 11) is -3.92. The number of aromatic hydroxyl groups is 1. The summed E-state index contributed by atoms with van der Waals surface area (Å²) in [6.07, 6.45) is 0. The van der Waals surface area contributed by atoms with Gasteiger partial charge in [-0.1, -0.05) is 6.07 Å². The van der Waals surface area contributed by atoms with Crippen LogP contribution >= 0.6 is 7.82 Å². The number of hydrogen-bond acceptors (Lipinski definition) is 7. The first-order chi connectivity index (χ1) is 7.27. The molecule has 2 N–H and O–H groups in total. The van der Waals surface area contributed by atoms with Crippen molar-refractivity contribution >= 4 is 7.82 Å². The predicted molar refractivity (Wildman–Crippen MR) is 48.2 cm³/mol. The quantitative estimate of drug-likeness (QED) is 0.392. The Labute approximate surface area is 239 Å². The van der Waals surface area contributed by atoms with Crippen LogP contribution in [0.5, 0.6) is 11.5 Å². The van der Waals surface area contributed by atoms with Crippen LogP contribution in [-0.2, 0) is 11.2 Å². The Hall–Kier alpha value is 3.80. The van der Waals surface area contributed by atoms with Gasteiger partial charge in [0.05, 0.1) is 13.7 Å². The Morgan fingerprint density at radius 1 is 1.21 bits per heavy atom. The van der Waals surface area contributed by atoms with E-state index in [0.717, 1.165) is 5.56 Å². The van der Waals surface area contributed by atoms with Crippen LogP contribution in [0.2, 0.25) is 0 Å². The molecule has 92 valence electrons. The molecule has 19 heavy (non-hydrogen) atoms. The molecule has 1 aromatic carbocycles. The van der Waals surface area contributed by atoms with Crippen LogP contribution < -0.4 is 174 Å². The first-order valence-electron chi connectivity index (χ1n) is 3.97. The monoisotopic (exact) mass is 366 g/mol. The van der Waals surface area contributed by atoms with Gasteiger partial charge in [0, 0.05) is 0 Å². The fourth-order valence-electron chi connectivity index (χ4n) is 0.820. The maximum absolute atomic E-state index is 9.12. The number of hydrogen-bond donors (Lipinski definition) is 2. The van der Waals surface area contributed by atoms with Crippen molar-refractivity contribution in [1.82, 2.24) is 0 Å². The molecule has 0 atom stereocenters. The Balaban J connectivity index is -0.000000125. The summed E-state index contributed by atoms with van der Waals surface area (Å²) in [5, 5.41) is 17.8. The van der Waals surface area contributed by atoms with Gasteiger partial charge in [0.2, 0.25) is 0 Å². The van der Waals surface area contributed by atoms with E-state index in [0.29, 0.717) is 5.75 Å². The van der Waals surface area contributed by atoms with Crippen molar-refractivity contribution in [3.05, 3.63) is 23.8 Å². The molecule has 0 aromatic heterocycles. The second-order valence-corrected chi connectivity index (χ2v) is 3.51. The third kappa shape index (κ3) is 19.8. The number of ether oxygens (including phenoxy) is 1. The number of aliphatic hydroxyl groups is 1. The van der Waals surface area contributed by atoms with E-state index >= 15 is 0 Å². The Bertz CT molecular complexity index is 376. The minimum atomic E-state index is -5.39. The molecule has 0 radical (unpaired) electrons. The van der Waals surface area contributed by atoms with E-state index in [1.54, 1.807) is 12.1 Å². The average molecular weight is 366 g/mol. The maximum Gasteiger partial charge on any atom is 1.00 e. The van der Waals surface area contributed by atoms with E-state index in [2.05, 4.69) is 0 Å². The molecule has 0 aliphatic heterocycles. The zero-order chi connectivity index (χ0) is 12.8. The number of rotatable bonds is 2. The van der Waals surface area contributed by atoms with Gasteiger partial charge in [-0.25, -0.2) is 0 Å². The summed E-state index contributed by atoms with van der Waals surface area (Å²) >= 11 is 0. The minimum absolute atomic E-state index is 0. The second-order valence-electron chi connectivity index (χ2n) is 2.61. The van der Waals surface area contributed by atoms with Crippen LogP contribution in [-0.4, -0.2) is 17.3 Å². The van der Waals surface area contributed by atoms with Crippen molar-refractivity contribution in [3.8, 4) is 11.5 Å². The number of benzene rings is 1. The van der Waals surface area contributed by atoms with Crippen molar-refractivity contribution in [3.63, 3.8) is 0 Å². The zero-order valence-corrected chi connectivity index (χ0v) is 21.6. The molecular weight excluding hydrogens is 356 g/mol. The number of phenols is 1. The van der Waals surface area contributed by atoms with E-state index in [9.17, 15) is 0 Å². The molecule has 0 bridgehead atoms. The van der Waals surface area contributed by atoms with Crippen molar-refractivity contribution in [2.75, 3.05) is 7.11 Å². The van der Waals surface area contributed by atoms with E-state index in [4.69, 9.17) is 34.2 Å². The van der Waals surface area contributed by atoms with Gasteiger partial charge in [-0.3, -0.25) is 0 Å². The third-order valence-electron chi connectivity index (χ3n) is 1.43. The molecule has 0 spiro atoms. The first-order valence-corrected chi connectivity index (χ1v) is 5.43. The number of aliphatic hydroxyl groups excluding tert-OH is 1. The Kier molecular flexibility index (Phi) is 26.9. The zero-order valence-electron chi connectivity index (χ0n) is 11.3. The van der Waals surface area contributed by atoms with Crippen molar-refractivity contribution in [2.45, 2.75) is 6.61 Å². The Morgan fingerprint density at radius 3 is 1.95 bits per heavy atom. The molecule has 1 aromatic rings. The van der Waals surface area contributed by atoms with Gasteiger partial charge in [-0.05, 0) is 17.7 Å². The standard InChI is InChI=1S/C8H10O3.3K.H3O4P/c1-11-8-4-6(5-9)2-3-7(8)10;;;;1-5(2,3)4/h2-4,9-10H,5H2,1H3;;;;(H3,1,2,3,4)/q;3*+1;/p-3. The number of phenolic OH excluding ortho intramolecular Hbond substituents is 1. The summed E-state index contributed by atoms with van der Waals surface area (Å²) < 4.78 is 13.4. The SMILES string of the molecule is COc1cc(CO)ccc1O.O=P([O-])([O-])[O-].[K+].[K+].[K+]. The fourth-order valence-corrected chi connectivity index (χ4v) is 0.820. The summed E-state index contributed by atoms with van der Waals surface area (Å²) in [6, 6.07) is 4.72. The molecule has 1 rings (SSSR count). The van der Waals surface area contributed by atoms with Gasteiger partial charge in [-0.2, -0.15) is 7.82 Å². The molecule has 0 heterocycles. The predicted octanol–water partition coefficient (Wildman–Crippen LogP) is -10.9. The Morgan fingerprint density at radius 2 is 1.63 bits per heavy atom. The van der Waals surface area contributed by atoms with Gasteiger partial charge in [-0.15, -0.1) is 0 Å². The summed E-state index contributed by atoms with van der Waals surface area (Å²) in [6.45, 7) is -0.0450. The second kappa shape index (κ2) is 16.6. The summed E-state index contributed by atoms with van der Waals surface area (Å²) in [4.78, 5) is 25.6. The van der Waals surface area contributed by atoms with E-state index in [1.165, 1.54) is 13.2 Å². The number of methoxy groups -OCH3 is 1. The molecule has 0 saturated heterocycles. The molecule has 0 saturated carbocycles. The first kappa shape index (κ1) is 30.7. The van der Waals surface area contributed by atoms with Gasteiger partial charge in [0.1, 0.15) is 0 Å². The van der Waals surface area contributed by atoms with Crippen molar-refractivity contribution in [2.24, 2.45) is 0 Å². The van der Waals surface area contributed by atoms with Crippen LogP contribution in [0.1, 0.15) is 5.56 Å². The smallest absolute Gasteiger partial charge is 0.822 e. The van der Waals surface area contributed by atoms with Gasteiger partial charge in [0.15, 0.2) is 11.5 Å². The minimum Gasteiger partial charge on any atom is -0.822 e. The molecule has 0 aliphatic rings. The van der Waals surface area contributed by atoms with Crippen LogP contribution in [0.3, 0.4) is 0 Å². The topological polar surface area (TPSA) is 136 Å². The van der Waals surface area contributed by atoms with E-state index in [-0.39, 0.29) is 167 Å². The fraction of sp³-hybridized carbons (Fsp3) is 0.250. The molecule has 7 nitrogen and oxygen atoms in total. The maximum atomic E-state index is 9.12. The van der Waals surface area contributed by atoms with Gasteiger partial charge in [0.25, 0.3) is 0 Å². The average Bonchev–Trinajstić information content (AvgIpc) is 2.16. The molecule has 0 amide bonds. The molecular formula is C8H10K3O7P. The molecule has 0 fully saturated rings. The van der Waals surface area contributed by atoms with Gasteiger partial charge >= 0.3 is 154 Å².